The summed E-state index contributed by atoms with van der Waals surface area (Å²) in [5, 5.41) is 14.5. The minimum Gasteiger partial charge on any atom is -0.467 e. The third-order valence-corrected chi connectivity index (χ3v) is 4.38. The Balaban J connectivity index is 2.66. The van der Waals surface area contributed by atoms with Crippen LogP contribution in [0, 0.1) is 16.0 Å². The fourth-order valence-electron chi connectivity index (χ4n) is 2.70. The van der Waals surface area contributed by atoms with Crippen LogP contribution < -0.4 is 21.8 Å². The maximum atomic E-state index is 12.8. The minimum atomic E-state index is -1.01. The Kier molecular flexibility index (Phi) is 11.7. The van der Waals surface area contributed by atoms with Crippen molar-refractivity contribution >= 4 is 23.9 Å². The molecule has 1 aromatic carbocycles. The van der Waals surface area contributed by atoms with Crippen molar-refractivity contribution in [3.05, 3.63) is 46.0 Å². The van der Waals surface area contributed by atoms with Gasteiger partial charge in [0, 0.05) is 6.54 Å². The number of aliphatic imine (C=N–C) groups is 1. The molecule has 33 heavy (non-hydrogen) atoms. The molecule has 0 unspecified atom stereocenters. The molecule has 0 bridgehead atoms. The Morgan fingerprint density at radius 2 is 1.85 bits per heavy atom. The first-order valence-electron chi connectivity index (χ1n) is 10.2. The molecule has 0 aromatic heterocycles. The highest BCUT2D eigenvalue weighted by molar-refractivity contribution is 5.89. The van der Waals surface area contributed by atoms with Crippen LogP contribution in [-0.4, -0.2) is 54.7 Å². The lowest BCUT2D eigenvalue weighted by Crippen LogP contribution is -2.54. The normalized spacial score (nSPS) is 12.9. The van der Waals surface area contributed by atoms with Crippen molar-refractivity contribution in [2.75, 3.05) is 13.7 Å². The van der Waals surface area contributed by atoms with Gasteiger partial charge in [0.25, 0.3) is 5.96 Å². The lowest BCUT2D eigenvalue weighted by atomic mass is 10.0. The average molecular weight is 466 g/mol. The highest BCUT2D eigenvalue weighted by Gasteiger charge is 2.29. The summed E-state index contributed by atoms with van der Waals surface area (Å²) in [6.45, 7) is 3.58. The number of hydrogen-bond acceptors (Lipinski definition) is 8. The predicted molar refractivity (Wildman–Crippen MR) is 118 cm³/mol. The van der Waals surface area contributed by atoms with Crippen LogP contribution in [0.1, 0.15) is 32.3 Å². The first-order chi connectivity index (χ1) is 15.6. The van der Waals surface area contributed by atoms with E-state index in [2.05, 4.69) is 15.6 Å². The number of nitrogens with zero attached hydrogens (tertiary/aromatic N) is 2. The van der Waals surface area contributed by atoms with Gasteiger partial charge in [-0.05, 0) is 24.3 Å². The quantitative estimate of drug-likeness (QED) is 0.0848. The highest BCUT2D eigenvalue weighted by atomic mass is 16.7. The second kappa shape index (κ2) is 14.2. The fraction of sp³-hybridized carbons (Fsp3) is 0.500. The number of carbonyl (C=O) groups excluding carboxylic acids is 3. The molecule has 0 spiro atoms. The monoisotopic (exact) mass is 466 g/mol. The number of ether oxygens (including phenoxy) is 2. The topological polar surface area (TPSA) is 187 Å². The summed E-state index contributed by atoms with van der Waals surface area (Å²) in [4.78, 5) is 51.1. The molecule has 13 nitrogen and oxygen atoms in total. The first-order valence-corrected chi connectivity index (χ1v) is 10.2. The van der Waals surface area contributed by atoms with Crippen LogP contribution in [0.25, 0.3) is 0 Å². The summed E-state index contributed by atoms with van der Waals surface area (Å²) in [6, 6.07) is 7.09. The molecule has 1 aromatic rings. The van der Waals surface area contributed by atoms with Gasteiger partial charge >= 0.3 is 12.1 Å². The largest absolute Gasteiger partial charge is 0.467 e. The number of esters is 1. The number of nitro groups is 1. The van der Waals surface area contributed by atoms with Crippen molar-refractivity contribution in [1.82, 2.24) is 16.1 Å². The van der Waals surface area contributed by atoms with Crippen molar-refractivity contribution < 1.29 is 28.9 Å². The van der Waals surface area contributed by atoms with E-state index in [-0.39, 0.29) is 37.9 Å². The third-order valence-electron chi connectivity index (χ3n) is 4.38. The third kappa shape index (κ3) is 10.8. The van der Waals surface area contributed by atoms with E-state index in [4.69, 9.17) is 15.2 Å². The van der Waals surface area contributed by atoms with Crippen LogP contribution in [0.3, 0.4) is 0 Å². The van der Waals surface area contributed by atoms with Gasteiger partial charge in [-0.25, -0.2) is 24.7 Å². The Bertz CT molecular complexity index is 831. The molecule has 0 aliphatic rings. The van der Waals surface area contributed by atoms with Gasteiger partial charge in [-0.1, -0.05) is 49.6 Å². The number of rotatable bonds is 12. The minimum absolute atomic E-state index is 0.0405. The van der Waals surface area contributed by atoms with Gasteiger partial charge in [-0.15, -0.1) is 0 Å². The maximum absolute atomic E-state index is 12.8. The number of carbonyl (C=O) groups is 3. The Morgan fingerprint density at radius 3 is 2.42 bits per heavy atom. The van der Waals surface area contributed by atoms with Crippen molar-refractivity contribution in [3.63, 3.8) is 0 Å². The van der Waals surface area contributed by atoms with Crippen molar-refractivity contribution in [2.24, 2.45) is 16.6 Å². The summed E-state index contributed by atoms with van der Waals surface area (Å²) in [5.41, 5.74) is 7.82. The summed E-state index contributed by atoms with van der Waals surface area (Å²) in [6.07, 6.45) is -0.360. The van der Waals surface area contributed by atoms with E-state index >= 15 is 0 Å². The van der Waals surface area contributed by atoms with E-state index in [1.54, 1.807) is 31.4 Å². The van der Waals surface area contributed by atoms with Crippen molar-refractivity contribution in [2.45, 2.75) is 45.4 Å². The van der Waals surface area contributed by atoms with Crippen molar-refractivity contribution in [3.8, 4) is 0 Å². The predicted octanol–water partition coefficient (Wildman–Crippen LogP) is 0.471. The maximum Gasteiger partial charge on any atom is 0.408 e. The fourth-order valence-corrected chi connectivity index (χ4v) is 2.70. The van der Waals surface area contributed by atoms with E-state index in [0.717, 1.165) is 5.56 Å². The molecule has 2 amide bonds. The number of hydrogen-bond donors (Lipinski definition) is 4. The number of nitrogens with one attached hydrogen (secondary N) is 3. The average Bonchev–Trinajstić information content (AvgIpc) is 2.77. The Hall–Kier alpha value is -3.90. The molecule has 0 saturated heterocycles. The van der Waals surface area contributed by atoms with Gasteiger partial charge in [0.1, 0.15) is 18.7 Å². The second-order valence-electron chi connectivity index (χ2n) is 7.29. The van der Waals surface area contributed by atoms with Gasteiger partial charge in [-0.3, -0.25) is 4.79 Å². The summed E-state index contributed by atoms with van der Waals surface area (Å²) in [5.74, 6) is -1.95. The molecule has 13 heteroatoms. The van der Waals surface area contributed by atoms with Crippen LogP contribution in [0.4, 0.5) is 4.79 Å². The van der Waals surface area contributed by atoms with Crippen LogP contribution >= 0.6 is 0 Å². The standard InChI is InChI=1S/C20H30N6O7/c1-13(2)16(24-20(29)33-12-14-8-5-4-6-9-14)17(27)23-15(18(28)32-3)10-7-11-22-19(21)25-26(30)31/h4-6,8-9,13,15-16H,7,10-12H2,1-3H3,(H,23,27)(H,24,29)(H3,21,22,25)/t15-,16-/m1/s1. The Labute approximate surface area is 191 Å². The van der Waals surface area contributed by atoms with E-state index in [0.29, 0.717) is 0 Å². The summed E-state index contributed by atoms with van der Waals surface area (Å²) < 4.78 is 9.88. The molecular formula is C20H30N6O7. The van der Waals surface area contributed by atoms with E-state index in [1.807, 2.05) is 18.2 Å². The SMILES string of the molecule is COC(=O)[C@@H](CCCN=C(N)N[N+](=O)[O-])NC(=O)[C@H](NC(=O)OCc1ccccc1)C(C)C. The summed E-state index contributed by atoms with van der Waals surface area (Å²) >= 11 is 0. The van der Waals surface area contributed by atoms with Gasteiger partial charge in [0.15, 0.2) is 5.03 Å². The molecule has 0 heterocycles. The van der Waals surface area contributed by atoms with Crippen LogP contribution in [0.5, 0.6) is 0 Å². The van der Waals surface area contributed by atoms with Crippen molar-refractivity contribution in [1.29, 1.82) is 0 Å². The molecule has 2 atom stereocenters. The van der Waals surface area contributed by atoms with Crippen LogP contribution in [-0.2, 0) is 25.7 Å². The Morgan fingerprint density at radius 1 is 1.18 bits per heavy atom. The number of benzene rings is 1. The van der Waals surface area contributed by atoms with E-state index in [9.17, 15) is 24.5 Å². The molecule has 0 saturated carbocycles. The zero-order chi connectivity index (χ0) is 24.8. The molecular weight excluding hydrogens is 436 g/mol. The molecule has 1 rings (SSSR count). The van der Waals surface area contributed by atoms with E-state index < -0.39 is 35.1 Å². The van der Waals surface area contributed by atoms with Gasteiger partial charge in [-0.2, -0.15) is 0 Å². The smallest absolute Gasteiger partial charge is 0.408 e. The van der Waals surface area contributed by atoms with Gasteiger partial charge < -0.3 is 25.8 Å². The second-order valence-corrected chi connectivity index (χ2v) is 7.29. The highest BCUT2D eigenvalue weighted by Crippen LogP contribution is 2.07. The van der Waals surface area contributed by atoms with Gasteiger partial charge in [0.05, 0.1) is 7.11 Å². The molecule has 0 fully saturated rings. The number of nitrogens with two attached hydrogens (primary N) is 1. The molecule has 0 aliphatic carbocycles. The molecule has 0 aliphatic heterocycles. The zero-order valence-corrected chi connectivity index (χ0v) is 18.8. The number of guanidine groups is 1. The summed E-state index contributed by atoms with van der Waals surface area (Å²) in [7, 11) is 1.18. The number of hydrazine groups is 1. The lowest BCUT2D eigenvalue weighted by molar-refractivity contribution is -0.525. The van der Waals surface area contributed by atoms with Crippen LogP contribution in [0.2, 0.25) is 0 Å². The first kappa shape index (κ1) is 27.1. The number of methoxy groups -OCH3 is 1. The lowest BCUT2D eigenvalue weighted by Gasteiger charge is -2.24. The molecule has 0 radical (unpaired) electrons. The zero-order valence-electron chi connectivity index (χ0n) is 18.8. The number of amides is 2. The van der Waals surface area contributed by atoms with Gasteiger partial charge in [0.2, 0.25) is 5.91 Å². The molecule has 182 valence electrons. The van der Waals surface area contributed by atoms with Crippen LogP contribution in [0.15, 0.2) is 35.3 Å². The molecule has 5 N–H and O–H groups in total. The van der Waals surface area contributed by atoms with E-state index in [1.165, 1.54) is 7.11 Å². The number of alkyl carbamates (subject to hydrolysis) is 1.